The first-order valence-electron chi connectivity index (χ1n) is 10.2. The van der Waals surface area contributed by atoms with Crippen LogP contribution in [0.2, 0.25) is 0 Å². The molecule has 2 aromatic rings. The van der Waals surface area contributed by atoms with Gasteiger partial charge >= 0.3 is 0 Å². The van der Waals surface area contributed by atoms with Crippen molar-refractivity contribution in [1.82, 2.24) is 4.90 Å². The zero-order valence-electron chi connectivity index (χ0n) is 16.7. The summed E-state index contributed by atoms with van der Waals surface area (Å²) in [5.41, 5.74) is 7.56. The Kier molecular flexibility index (Phi) is 6.68. The molecule has 0 aromatic heterocycles. The van der Waals surface area contributed by atoms with Crippen molar-refractivity contribution in [3.8, 4) is 0 Å². The quantitative estimate of drug-likeness (QED) is 0.454. The highest BCUT2D eigenvalue weighted by molar-refractivity contribution is 5.49. The Morgan fingerprint density at radius 3 is 2.50 bits per heavy atom. The van der Waals surface area contributed by atoms with Gasteiger partial charge in [0, 0.05) is 12.5 Å². The van der Waals surface area contributed by atoms with Crippen LogP contribution in [0.3, 0.4) is 0 Å². The van der Waals surface area contributed by atoms with E-state index in [0.717, 1.165) is 19.4 Å². The predicted octanol–water partition coefficient (Wildman–Crippen LogP) is 5.77. The van der Waals surface area contributed by atoms with Gasteiger partial charge in [0.15, 0.2) is 0 Å². The van der Waals surface area contributed by atoms with Crippen LogP contribution < -0.4 is 0 Å². The lowest BCUT2D eigenvalue weighted by molar-refractivity contribution is 0.456. The molecule has 0 bridgehead atoms. The Morgan fingerprint density at radius 2 is 1.73 bits per heavy atom. The number of unbranched alkanes of at least 4 members (excludes halogenated alkanes) is 2. The largest absolute Gasteiger partial charge is 0.306 e. The number of nitrogens with zero attached hydrogens (tertiary/aromatic N) is 1. The van der Waals surface area contributed by atoms with Gasteiger partial charge in [-0.15, -0.1) is 0 Å². The van der Waals surface area contributed by atoms with Crippen LogP contribution in [0.4, 0.5) is 0 Å². The third-order valence-electron chi connectivity index (χ3n) is 5.47. The second kappa shape index (κ2) is 9.19. The Balaban J connectivity index is 1.97. The second-order valence-electron chi connectivity index (χ2n) is 7.86. The summed E-state index contributed by atoms with van der Waals surface area (Å²) >= 11 is 0. The standard InChI is InChI=1S/C25H33N/c1-4-5-6-10-20-14-15-22-17-16-21-11-7-8-12-23(21)24(25(22)19-20)13-9-18-26(2)3/h7-9,11-15,19,24H,4-6,10,16-18H2,1-3H3/b13-9-. The highest BCUT2D eigenvalue weighted by atomic mass is 15.0. The van der Waals surface area contributed by atoms with Crippen molar-refractivity contribution in [3.05, 3.63) is 82.4 Å². The number of rotatable bonds is 7. The Labute approximate surface area is 159 Å². The van der Waals surface area contributed by atoms with E-state index >= 15 is 0 Å². The summed E-state index contributed by atoms with van der Waals surface area (Å²) in [7, 11) is 4.26. The van der Waals surface area contributed by atoms with Crippen molar-refractivity contribution in [2.75, 3.05) is 20.6 Å². The Bertz CT molecular complexity index is 742. The first-order valence-corrected chi connectivity index (χ1v) is 10.2. The van der Waals surface area contributed by atoms with Gasteiger partial charge in [-0.1, -0.05) is 74.4 Å². The maximum atomic E-state index is 2.50. The molecule has 0 heterocycles. The zero-order chi connectivity index (χ0) is 18.4. The van der Waals surface area contributed by atoms with Crippen LogP contribution in [0.15, 0.2) is 54.6 Å². The van der Waals surface area contributed by atoms with Crippen molar-refractivity contribution in [1.29, 1.82) is 0 Å². The van der Waals surface area contributed by atoms with Gasteiger partial charge in [-0.2, -0.15) is 0 Å². The summed E-state index contributed by atoms with van der Waals surface area (Å²) in [6.45, 7) is 3.27. The van der Waals surface area contributed by atoms with E-state index < -0.39 is 0 Å². The van der Waals surface area contributed by atoms with Crippen molar-refractivity contribution >= 4 is 0 Å². The average Bonchev–Trinajstić information content (AvgIpc) is 2.79. The monoisotopic (exact) mass is 347 g/mol. The molecule has 1 atom stereocenters. The van der Waals surface area contributed by atoms with Crippen molar-refractivity contribution in [2.24, 2.45) is 0 Å². The molecule has 0 radical (unpaired) electrons. The minimum Gasteiger partial charge on any atom is -0.306 e. The van der Waals surface area contributed by atoms with E-state index in [1.54, 1.807) is 0 Å². The van der Waals surface area contributed by atoms with Crippen LogP contribution in [-0.4, -0.2) is 25.5 Å². The first-order chi connectivity index (χ1) is 12.7. The van der Waals surface area contributed by atoms with E-state index in [2.05, 4.69) is 80.5 Å². The molecule has 0 aliphatic heterocycles. The van der Waals surface area contributed by atoms with Crippen LogP contribution in [0, 0.1) is 0 Å². The van der Waals surface area contributed by atoms with Gasteiger partial charge in [-0.3, -0.25) is 0 Å². The molecule has 3 rings (SSSR count). The fourth-order valence-electron chi connectivity index (χ4n) is 4.01. The number of allylic oxidation sites excluding steroid dienone is 1. The van der Waals surface area contributed by atoms with Gasteiger partial charge in [-0.05, 0) is 67.6 Å². The predicted molar refractivity (Wildman–Crippen MR) is 113 cm³/mol. The molecule has 138 valence electrons. The summed E-state index contributed by atoms with van der Waals surface area (Å²) in [6, 6.07) is 16.3. The van der Waals surface area contributed by atoms with Crippen LogP contribution in [0.1, 0.15) is 59.9 Å². The molecule has 0 spiro atoms. The average molecular weight is 348 g/mol. The number of hydrogen-bond acceptors (Lipinski definition) is 1. The molecule has 0 amide bonds. The molecular formula is C25H33N. The number of benzene rings is 2. The van der Waals surface area contributed by atoms with Crippen molar-refractivity contribution < 1.29 is 0 Å². The highest BCUT2D eigenvalue weighted by Crippen LogP contribution is 2.36. The molecule has 0 fully saturated rings. The van der Waals surface area contributed by atoms with Gasteiger partial charge in [0.05, 0.1) is 0 Å². The smallest absolute Gasteiger partial charge is 0.0275 e. The lowest BCUT2D eigenvalue weighted by atomic mass is 9.86. The molecule has 1 aliphatic rings. The maximum Gasteiger partial charge on any atom is 0.0275 e. The van der Waals surface area contributed by atoms with Crippen molar-refractivity contribution in [3.63, 3.8) is 0 Å². The minimum absolute atomic E-state index is 0.384. The summed E-state index contributed by atoms with van der Waals surface area (Å²) in [4.78, 5) is 2.22. The van der Waals surface area contributed by atoms with Crippen LogP contribution in [-0.2, 0) is 19.3 Å². The number of hydrogen-bond donors (Lipinski definition) is 0. The Morgan fingerprint density at radius 1 is 0.962 bits per heavy atom. The molecule has 2 aromatic carbocycles. The molecule has 1 aliphatic carbocycles. The minimum atomic E-state index is 0.384. The molecular weight excluding hydrogens is 314 g/mol. The fourth-order valence-corrected chi connectivity index (χ4v) is 4.01. The number of fused-ring (bicyclic) bond motifs is 2. The highest BCUT2D eigenvalue weighted by Gasteiger charge is 2.21. The van der Waals surface area contributed by atoms with Gasteiger partial charge in [-0.25, -0.2) is 0 Å². The summed E-state index contributed by atoms with van der Waals surface area (Å²) in [6.07, 6.45) is 12.2. The van der Waals surface area contributed by atoms with E-state index in [9.17, 15) is 0 Å². The normalized spacial score (nSPS) is 16.5. The van der Waals surface area contributed by atoms with Crippen molar-refractivity contribution in [2.45, 2.75) is 51.4 Å². The molecule has 0 saturated heterocycles. The number of aryl methyl sites for hydroxylation is 3. The summed E-state index contributed by atoms with van der Waals surface area (Å²) in [5, 5.41) is 0. The Hall–Kier alpha value is -1.86. The maximum absolute atomic E-state index is 2.50. The van der Waals surface area contributed by atoms with E-state index in [-0.39, 0.29) is 0 Å². The molecule has 1 unspecified atom stereocenters. The molecule has 1 nitrogen and oxygen atoms in total. The summed E-state index contributed by atoms with van der Waals surface area (Å²) in [5.74, 6) is 0.384. The van der Waals surface area contributed by atoms with Crippen LogP contribution >= 0.6 is 0 Å². The summed E-state index contributed by atoms with van der Waals surface area (Å²) < 4.78 is 0. The number of likely N-dealkylation sites (N-methyl/N-ethyl adjacent to an activating group) is 1. The first kappa shape index (κ1) is 18.9. The third kappa shape index (κ3) is 4.65. The van der Waals surface area contributed by atoms with Gasteiger partial charge in [0.2, 0.25) is 0 Å². The fraction of sp³-hybridized carbons (Fsp3) is 0.440. The molecule has 1 heteroatoms. The SMILES string of the molecule is CCCCCc1ccc2c(c1)C(/C=C\CN(C)C)c1ccccc1CC2. The van der Waals surface area contributed by atoms with E-state index in [0.29, 0.717) is 5.92 Å². The lowest BCUT2D eigenvalue weighted by Crippen LogP contribution is -2.11. The zero-order valence-corrected chi connectivity index (χ0v) is 16.7. The molecule has 26 heavy (non-hydrogen) atoms. The third-order valence-corrected chi connectivity index (χ3v) is 5.47. The topological polar surface area (TPSA) is 3.24 Å². The van der Waals surface area contributed by atoms with Gasteiger partial charge in [0.1, 0.15) is 0 Å². The van der Waals surface area contributed by atoms with Crippen LogP contribution in [0.25, 0.3) is 0 Å². The van der Waals surface area contributed by atoms with E-state index in [1.807, 2.05) is 0 Å². The van der Waals surface area contributed by atoms with E-state index in [4.69, 9.17) is 0 Å². The van der Waals surface area contributed by atoms with Gasteiger partial charge in [0.25, 0.3) is 0 Å². The molecule has 0 saturated carbocycles. The molecule has 0 N–H and O–H groups in total. The second-order valence-corrected chi connectivity index (χ2v) is 7.86. The van der Waals surface area contributed by atoms with Crippen LogP contribution in [0.5, 0.6) is 0 Å². The van der Waals surface area contributed by atoms with Gasteiger partial charge < -0.3 is 4.90 Å². The van der Waals surface area contributed by atoms with E-state index in [1.165, 1.54) is 53.5 Å². The lowest BCUT2D eigenvalue weighted by Gasteiger charge is -2.19.